The number of fused-ring (bicyclic) bond motifs is 1. The second kappa shape index (κ2) is 6.36. The molecule has 0 spiro atoms. The zero-order chi connectivity index (χ0) is 14.5. The number of hydrogen-bond acceptors (Lipinski definition) is 6. The van der Waals surface area contributed by atoms with E-state index in [1.807, 2.05) is 19.9 Å². The summed E-state index contributed by atoms with van der Waals surface area (Å²) in [7, 11) is 0. The van der Waals surface area contributed by atoms with Crippen LogP contribution in [0.2, 0.25) is 0 Å². The fraction of sp³-hybridized carbons (Fsp3) is 0.462. The van der Waals surface area contributed by atoms with Crippen LogP contribution in [0.1, 0.15) is 24.2 Å². The smallest absolute Gasteiger partial charge is 0.216 e. The van der Waals surface area contributed by atoms with Gasteiger partial charge in [0.05, 0.1) is 18.1 Å². The van der Waals surface area contributed by atoms with Gasteiger partial charge in [0.15, 0.2) is 0 Å². The molecule has 102 valence electrons. The Labute approximate surface area is 121 Å². The van der Waals surface area contributed by atoms with E-state index in [4.69, 9.17) is 10.5 Å². The summed E-state index contributed by atoms with van der Waals surface area (Å²) in [5.74, 6) is 1.02. The van der Waals surface area contributed by atoms with Crippen molar-refractivity contribution in [3.8, 4) is 12.1 Å². The molecule has 6 nitrogen and oxygen atoms in total. The summed E-state index contributed by atoms with van der Waals surface area (Å²) in [4.78, 5) is 8.67. The summed E-state index contributed by atoms with van der Waals surface area (Å²) in [5.41, 5.74) is 1.89. The number of aromatic nitrogens is 4. The van der Waals surface area contributed by atoms with Crippen molar-refractivity contribution in [2.45, 2.75) is 31.8 Å². The molecular formula is C13H14N6S. The Morgan fingerprint density at radius 2 is 2.15 bits per heavy atom. The van der Waals surface area contributed by atoms with Crippen molar-refractivity contribution in [2.75, 3.05) is 5.75 Å². The first-order valence-corrected chi connectivity index (χ1v) is 7.23. The maximum Gasteiger partial charge on any atom is 0.253 e. The van der Waals surface area contributed by atoms with Gasteiger partial charge in [0.1, 0.15) is 0 Å². The average Bonchev–Trinajstić information content (AvgIpc) is 2.82. The normalized spacial score (nSPS) is 12.0. The van der Waals surface area contributed by atoms with Crippen LogP contribution in [0.5, 0.6) is 0 Å². The molecule has 0 N–H and O–H groups in total. The van der Waals surface area contributed by atoms with Crippen LogP contribution in [0.4, 0.5) is 0 Å². The summed E-state index contributed by atoms with van der Waals surface area (Å²) in [6.07, 6.45) is 0.987. The van der Waals surface area contributed by atoms with Crippen LogP contribution in [0.15, 0.2) is 11.2 Å². The molecule has 0 aliphatic heterocycles. The first-order valence-electron chi connectivity index (χ1n) is 6.24. The third-order valence-corrected chi connectivity index (χ3v) is 3.80. The first kappa shape index (κ1) is 14.3. The highest BCUT2D eigenvalue weighted by molar-refractivity contribution is 7.99. The highest BCUT2D eigenvalue weighted by atomic mass is 32.2. The molecular weight excluding hydrogens is 272 g/mol. The Hall–Kier alpha value is -2.12. The van der Waals surface area contributed by atoms with Crippen LogP contribution in [-0.2, 0) is 0 Å². The van der Waals surface area contributed by atoms with Gasteiger partial charge in [0.2, 0.25) is 5.16 Å². The van der Waals surface area contributed by atoms with Crippen LogP contribution in [0.25, 0.3) is 5.78 Å². The molecule has 0 saturated heterocycles. The highest BCUT2D eigenvalue weighted by Crippen LogP contribution is 2.20. The standard InChI is InChI=1S/C13H14N6S/c1-9-6-10(2)19-12(16-9)17-13(18-19)20-8-11(7-15)4-3-5-14/h6,11H,3-4,8H2,1-2H3/t11-/m1/s1. The molecule has 1 atom stereocenters. The van der Waals surface area contributed by atoms with Crippen molar-refractivity contribution in [3.05, 3.63) is 17.5 Å². The predicted molar refractivity (Wildman–Crippen MR) is 74.9 cm³/mol. The van der Waals surface area contributed by atoms with Gasteiger partial charge in [0.25, 0.3) is 5.78 Å². The van der Waals surface area contributed by atoms with E-state index >= 15 is 0 Å². The molecule has 0 unspecified atom stereocenters. The van der Waals surface area contributed by atoms with Gasteiger partial charge < -0.3 is 0 Å². The third kappa shape index (κ3) is 3.25. The fourth-order valence-electron chi connectivity index (χ4n) is 1.81. The summed E-state index contributed by atoms with van der Waals surface area (Å²) >= 11 is 1.43. The van der Waals surface area contributed by atoms with E-state index < -0.39 is 0 Å². The van der Waals surface area contributed by atoms with E-state index in [1.54, 1.807) is 4.52 Å². The van der Waals surface area contributed by atoms with Gasteiger partial charge in [-0.2, -0.15) is 15.5 Å². The average molecular weight is 286 g/mol. The molecule has 0 aliphatic carbocycles. The summed E-state index contributed by atoms with van der Waals surface area (Å²) in [5, 5.41) is 22.6. The number of rotatable bonds is 5. The number of hydrogen-bond donors (Lipinski definition) is 0. The van der Waals surface area contributed by atoms with Crippen LogP contribution in [-0.4, -0.2) is 25.3 Å². The Morgan fingerprint density at radius 1 is 1.35 bits per heavy atom. The maximum atomic E-state index is 9.02. The van der Waals surface area contributed by atoms with E-state index in [2.05, 4.69) is 27.2 Å². The SMILES string of the molecule is Cc1cc(C)n2nc(SC[C@@H](C#N)CCC#N)nc2n1. The van der Waals surface area contributed by atoms with E-state index in [9.17, 15) is 0 Å². The second-order valence-electron chi connectivity index (χ2n) is 4.48. The summed E-state index contributed by atoms with van der Waals surface area (Å²) < 4.78 is 1.70. The van der Waals surface area contributed by atoms with E-state index in [-0.39, 0.29) is 5.92 Å². The first-order chi connectivity index (χ1) is 9.63. The van der Waals surface area contributed by atoms with Crippen LogP contribution in [0.3, 0.4) is 0 Å². The molecule has 2 heterocycles. The lowest BCUT2D eigenvalue weighted by molar-refractivity contribution is 0.684. The number of thioether (sulfide) groups is 1. The van der Waals surface area contributed by atoms with E-state index in [0.717, 1.165) is 11.4 Å². The minimum atomic E-state index is -0.151. The molecule has 0 aromatic carbocycles. The van der Waals surface area contributed by atoms with Gasteiger partial charge in [-0.05, 0) is 26.3 Å². The number of nitriles is 2. The Kier molecular flexibility index (Phi) is 4.54. The van der Waals surface area contributed by atoms with Gasteiger partial charge >= 0.3 is 0 Å². The molecule has 0 radical (unpaired) electrons. The zero-order valence-corrected chi connectivity index (χ0v) is 12.2. The van der Waals surface area contributed by atoms with Gasteiger partial charge in [0, 0.05) is 23.6 Å². The summed E-state index contributed by atoms with van der Waals surface area (Å²) in [6.45, 7) is 3.87. The largest absolute Gasteiger partial charge is 0.253 e. The van der Waals surface area contributed by atoms with Crippen molar-refractivity contribution >= 4 is 17.5 Å². The van der Waals surface area contributed by atoms with E-state index in [0.29, 0.717) is 29.5 Å². The van der Waals surface area contributed by atoms with Crippen molar-refractivity contribution in [2.24, 2.45) is 5.92 Å². The molecule has 0 aliphatic rings. The van der Waals surface area contributed by atoms with Gasteiger partial charge in [-0.25, -0.2) is 9.50 Å². The lowest BCUT2D eigenvalue weighted by Crippen LogP contribution is -2.00. The van der Waals surface area contributed by atoms with Gasteiger partial charge in [-0.3, -0.25) is 0 Å². The van der Waals surface area contributed by atoms with E-state index in [1.165, 1.54) is 11.8 Å². The molecule has 2 rings (SSSR count). The highest BCUT2D eigenvalue weighted by Gasteiger charge is 2.12. The predicted octanol–water partition coefficient (Wildman–Crippen LogP) is 2.28. The Bertz CT molecular complexity index is 693. The van der Waals surface area contributed by atoms with Gasteiger partial charge in [-0.15, -0.1) is 5.10 Å². The zero-order valence-electron chi connectivity index (χ0n) is 11.4. The topological polar surface area (TPSA) is 90.7 Å². The maximum absolute atomic E-state index is 9.02. The summed E-state index contributed by atoms with van der Waals surface area (Å²) in [6, 6.07) is 6.22. The minimum absolute atomic E-state index is 0.151. The molecule has 7 heteroatoms. The van der Waals surface area contributed by atoms with Crippen LogP contribution in [0, 0.1) is 42.4 Å². The van der Waals surface area contributed by atoms with Crippen molar-refractivity contribution in [1.82, 2.24) is 19.6 Å². The molecule has 20 heavy (non-hydrogen) atoms. The van der Waals surface area contributed by atoms with Gasteiger partial charge in [-0.1, -0.05) is 11.8 Å². The molecule has 2 aromatic rings. The minimum Gasteiger partial charge on any atom is -0.216 e. The van der Waals surface area contributed by atoms with Crippen LogP contribution < -0.4 is 0 Å². The molecule has 0 amide bonds. The van der Waals surface area contributed by atoms with Crippen LogP contribution >= 0.6 is 11.8 Å². The lowest BCUT2D eigenvalue weighted by Gasteiger charge is -2.02. The third-order valence-electron chi connectivity index (χ3n) is 2.80. The molecule has 2 aromatic heterocycles. The van der Waals surface area contributed by atoms with Crippen molar-refractivity contribution in [3.63, 3.8) is 0 Å². The lowest BCUT2D eigenvalue weighted by atomic mass is 10.1. The quantitative estimate of drug-likeness (QED) is 0.783. The Balaban J connectivity index is 2.09. The molecule has 0 saturated carbocycles. The fourth-order valence-corrected chi connectivity index (χ4v) is 2.69. The van der Waals surface area contributed by atoms with Crippen molar-refractivity contribution < 1.29 is 0 Å². The Morgan fingerprint density at radius 3 is 2.85 bits per heavy atom. The monoisotopic (exact) mass is 286 g/mol. The molecule has 0 fully saturated rings. The molecule has 0 bridgehead atoms. The van der Waals surface area contributed by atoms with Crippen molar-refractivity contribution in [1.29, 1.82) is 10.5 Å². The number of nitrogens with zero attached hydrogens (tertiary/aromatic N) is 6. The number of aryl methyl sites for hydroxylation is 2. The second-order valence-corrected chi connectivity index (χ2v) is 5.47.